The summed E-state index contributed by atoms with van der Waals surface area (Å²) in [4.78, 5) is 17.2. The molecule has 1 heterocycles. The number of nitrogens with one attached hydrogen (secondary N) is 1. The van der Waals surface area contributed by atoms with Gasteiger partial charge >= 0.3 is 5.57 Å². The van der Waals surface area contributed by atoms with Crippen molar-refractivity contribution in [3.63, 3.8) is 0 Å². The molecule has 1 amide bonds. The van der Waals surface area contributed by atoms with Gasteiger partial charge in [0.05, 0.1) is 11.0 Å². The number of hydrogen-bond acceptors (Lipinski definition) is 3. The Labute approximate surface area is 173 Å². The molecule has 0 radical (unpaired) electrons. The van der Waals surface area contributed by atoms with Gasteiger partial charge in [0.2, 0.25) is 0 Å². The van der Waals surface area contributed by atoms with Crippen LogP contribution in [0, 0.1) is 0 Å². The smallest absolute Gasteiger partial charge is 0.420 e. The van der Waals surface area contributed by atoms with Crippen LogP contribution in [0.15, 0.2) is 40.9 Å². The molecule has 0 bridgehead atoms. The van der Waals surface area contributed by atoms with Crippen LogP contribution in [0.3, 0.4) is 0 Å². The van der Waals surface area contributed by atoms with Crippen molar-refractivity contribution in [3.05, 3.63) is 52.3 Å². The first-order valence-electron chi connectivity index (χ1n) is 8.38. The van der Waals surface area contributed by atoms with E-state index in [-0.39, 0.29) is 17.6 Å². The summed E-state index contributed by atoms with van der Waals surface area (Å²) in [7, 11) is 1.93. The summed E-state index contributed by atoms with van der Waals surface area (Å²) in [6.45, 7) is 4.10. The molecule has 5 nitrogen and oxygen atoms in total. The highest BCUT2D eigenvalue weighted by molar-refractivity contribution is 9.10. The average Bonchev–Trinajstić information content (AvgIpc) is 2.93. The van der Waals surface area contributed by atoms with Crippen LogP contribution in [0.2, 0.25) is 0 Å². The van der Waals surface area contributed by atoms with E-state index in [0.29, 0.717) is 16.8 Å². The summed E-state index contributed by atoms with van der Waals surface area (Å²) in [5, 5.41) is 2.71. The van der Waals surface area contributed by atoms with Gasteiger partial charge < -0.3 is 14.6 Å². The third-order valence-electron chi connectivity index (χ3n) is 4.08. The second-order valence-corrected chi connectivity index (χ2v) is 7.83. The van der Waals surface area contributed by atoms with Gasteiger partial charge in [-0.2, -0.15) is 0 Å². The number of aromatic nitrogens is 2. The number of imidazole rings is 1. The van der Waals surface area contributed by atoms with Gasteiger partial charge in [-0.05, 0) is 52.3 Å². The van der Waals surface area contributed by atoms with E-state index in [2.05, 4.69) is 44.8 Å². The molecule has 0 saturated carbocycles. The summed E-state index contributed by atoms with van der Waals surface area (Å²) in [6, 6.07) is 8.90. The first-order chi connectivity index (χ1) is 13.0. The number of carbonyl (C=O) groups is 1. The number of anilines is 1. The maximum atomic E-state index is 12.6. The van der Waals surface area contributed by atoms with Crippen molar-refractivity contribution in [2.45, 2.75) is 25.3 Å². The van der Waals surface area contributed by atoms with Crippen LogP contribution in [0.5, 0.6) is 5.75 Å². The van der Waals surface area contributed by atoms with Gasteiger partial charge in [-0.1, -0.05) is 13.8 Å². The molecule has 0 atom stereocenters. The van der Waals surface area contributed by atoms with Crippen LogP contribution in [-0.4, -0.2) is 21.0 Å². The number of nitrogens with zero attached hydrogens (tertiary/aromatic N) is 2. The van der Waals surface area contributed by atoms with E-state index in [4.69, 9.17) is 11.6 Å². The first kappa shape index (κ1) is 20.5. The number of carbonyl (C=O) groups excluding carboxylic acids is 1. The number of aryl methyl sites for hydroxylation is 1. The first-order valence-corrected chi connectivity index (χ1v) is 9.55. The largest absolute Gasteiger partial charge is 0.487 e. The van der Waals surface area contributed by atoms with Crippen LogP contribution in [-0.2, 0) is 7.05 Å². The number of amides is 1. The quantitative estimate of drug-likeness (QED) is 0.472. The highest BCUT2D eigenvalue weighted by Crippen LogP contribution is 2.29. The minimum Gasteiger partial charge on any atom is -0.420 e. The highest BCUT2D eigenvalue weighted by Gasteiger charge is 2.27. The zero-order valence-electron chi connectivity index (χ0n) is 15.3. The lowest BCUT2D eigenvalue weighted by molar-refractivity contribution is -0.0964. The van der Waals surface area contributed by atoms with Gasteiger partial charge in [-0.3, -0.25) is 4.79 Å². The Kier molecular flexibility index (Phi) is 5.63. The number of fused-ring (bicyclic) bond motifs is 1. The van der Waals surface area contributed by atoms with Gasteiger partial charge in [-0.15, -0.1) is 8.78 Å². The summed E-state index contributed by atoms with van der Waals surface area (Å²) < 4.78 is 32.3. The topological polar surface area (TPSA) is 56.1 Å². The molecule has 9 heteroatoms. The van der Waals surface area contributed by atoms with E-state index in [0.717, 1.165) is 15.8 Å². The average molecular weight is 473 g/mol. The standard InChI is InChI=1S/C19H17BrClF2N3O2/c1-10(2)17-25-15-9-11(8-14(20)16(15)26(17)3)18(27)24-12-4-6-13(7-5-12)28-19(21,22)23/h4-10H,1-3H3,(H,24,27). The van der Waals surface area contributed by atoms with Crippen molar-refractivity contribution in [2.75, 3.05) is 5.32 Å². The molecule has 3 aromatic rings. The molecule has 0 aliphatic rings. The van der Waals surface area contributed by atoms with Crippen molar-refractivity contribution in [1.82, 2.24) is 9.55 Å². The van der Waals surface area contributed by atoms with Crippen LogP contribution in [0.1, 0.15) is 35.9 Å². The molecule has 0 spiro atoms. The van der Waals surface area contributed by atoms with E-state index in [1.807, 2.05) is 11.6 Å². The Morgan fingerprint density at radius 2 is 1.93 bits per heavy atom. The maximum absolute atomic E-state index is 12.6. The lowest BCUT2D eigenvalue weighted by atomic mass is 10.2. The normalized spacial score (nSPS) is 11.9. The Morgan fingerprint density at radius 3 is 2.50 bits per heavy atom. The lowest BCUT2D eigenvalue weighted by Crippen LogP contribution is -2.15. The fraction of sp³-hybridized carbons (Fsp3) is 0.263. The third kappa shape index (κ3) is 4.44. The second-order valence-electron chi connectivity index (χ2n) is 6.54. The number of halogens is 4. The Bertz CT molecular complexity index is 1030. The van der Waals surface area contributed by atoms with Crippen LogP contribution in [0.4, 0.5) is 14.5 Å². The molecule has 0 saturated heterocycles. The number of hydrogen-bond donors (Lipinski definition) is 1. The van der Waals surface area contributed by atoms with Gasteiger partial charge in [0.15, 0.2) is 0 Å². The highest BCUT2D eigenvalue weighted by atomic mass is 79.9. The third-order valence-corrected chi connectivity index (χ3v) is 4.76. The molecule has 3 rings (SSSR count). The van der Waals surface area contributed by atoms with E-state index in [9.17, 15) is 13.6 Å². The van der Waals surface area contributed by atoms with Crippen LogP contribution in [0.25, 0.3) is 11.0 Å². The van der Waals surface area contributed by atoms with E-state index in [1.165, 1.54) is 24.3 Å². The van der Waals surface area contributed by atoms with Crippen molar-refractivity contribution < 1.29 is 18.3 Å². The molecule has 0 unspecified atom stereocenters. The second kappa shape index (κ2) is 7.67. The predicted octanol–water partition coefficient (Wildman–Crippen LogP) is 5.88. The number of rotatable bonds is 5. The Balaban J connectivity index is 1.83. The van der Waals surface area contributed by atoms with Crippen molar-refractivity contribution in [1.29, 1.82) is 0 Å². The minimum absolute atomic E-state index is 0.114. The molecule has 1 N–H and O–H groups in total. The van der Waals surface area contributed by atoms with Gasteiger partial charge in [0.1, 0.15) is 11.6 Å². The maximum Gasteiger partial charge on any atom is 0.487 e. The van der Waals surface area contributed by atoms with Crippen molar-refractivity contribution in [3.8, 4) is 5.75 Å². The Morgan fingerprint density at radius 1 is 1.29 bits per heavy atom. The van der Waals surface area contributed by atoms with Crippen LogP contribution >= 0.6 is 27.5 Å². The SMILES string of the molecule is CC(C)c1nc2cc(C(=O)Nc3ccc(OC(F)(F)Cl)cc3)cc(Br)c2n1C. The predicted molar refractivity (Wildman–Crippen MR) is 108 cm³/mol. The minimum atomic E-state index is -3.79. The molecule has 1 aromatic heterocycles. The Hall–Kier alpha value is -2.19. The monoisotopic (exact) mass is 471 g/mol. The zero-order chi connectivity index (χ0) is 20.6. The summed E-state index contributed by atoms with van der Waals surface area (Å²) in [5.41, 5.74) is -1.33. The summed E-state index contributed by atoms with van der Waals surface area (Å²) in [6.07, 6.45) is 0. The lowest BCUT2D eigenvalue weighted by Gasteiger charge is -2.11. The van der Waals surface area contributed by atoms with E-state index in [1.54, 1.807) is 12.1 Å². The van der Waals surface area contributed by atoms with Crippen LogP contribution < -0.4 is 10.1 Å². The van der Waals surface area contributed by atoms with Gasteiger partial charge in [0.25, 0.3) is 5.91 Å². The number of benzene rings is 2. The fourth-order valence-electron chi connectivity index (χ4n) is 2.91. The zero-order valence-corrected chi connectivity index (χ0v) is 17.6. The number of ether oxygens (including phenoxy) is 1. The summed E-state index contributed by atoms with van der Waals surface area (Å²) in [5.74, 6) is 0.690. The van der Waals surface area contributed by atoms with Gasteiger partial charge in [-0.25, -0.2) is 4.98 Å². The molecule has 148 valence electrons. The molecule has 2 aromatic carbocycles. The van der Waals surface area contributed by atoms with Crippen molar-refractivity contribution in [2.24, 2.45) is 7.05 Å². The molecule has 0 aliphatic carbocycles. The summed E-state index contributed by atoms with van der Waals surface area (Å²) >= 11 is 8.24. The molecular weight excluding hydrogens is 456 g/mol. The number of alkyl halides is 3. The fourth-order valence-corrected chi connectivity index (χ4v) is 3.71. The molecular formula is C19H17BrClF2N3O2. The van der Waals surface area contributed by atoms with E-state index >= 15 is 0 Å². The molecule has 28 heavy (non-hydrogen) atoms. The molecule has 0 aliphatic heterocycles. The van der Waals surface area contributed by atoms with Gasteiger partial charge in [0, 0.05) is 40.3 Å². The van der Waals surface area contributed by atoms with Crippen molar-refractivity contribution >= 4 is 50.2 Å². The molecule has 0 fully saturated rings. The van der Waals surface area contributed by atoms with E-state index < -0.39 is 5.57 Å².